The average molecular weight is 240 g/mol. The molecule has 3 heteroatoms. The fraction of sp³-hybridized carbons (Fsp3) is 0.929. The maximum Gasteiger partial charge on any atom is 0.222 e. The summed E-state index contributed by atoms with van der Waals surface area (Å²) in [5.74, 6) is 1.68. The Bertz CT molecular complexity index is 242. The van der Waals surface area contributed by atoms with Crippen LogP contribution in [0, 0.1) is 11.8 Å². The Morgan fingerprint density at radius 3 is 2.71 bits per heavy atom. The molecular weight excluding hydrogens is 212 g/mol. The third-order valence-electron chi connectivity index (χ3n) is 3.97. The van der Waals surface area contributed by atoms with E-state index in [2.05, 4.69) is 25.7 Å². The van der Waals surface area contributed by atoms with Crippen molar-refractivity contribution in [3.8, 4) is 0 Å². The first kappa shape index (κ1) is 14.5. The van der Waals surface area contributed by atoms with E-state index in [1.807, 2.05) is 0 Å². The molecule has 0 aromatic carbocycles. The molecule has 2 N–H and O–H groups in total. The highest BCUT2D eigenvalue weighted by atomic mass is 16.2. The fourth-order valence-corrected chi connectivity index (χ4v) is 2.72. The van der Waals surface area contributed by atoms with Crippen molar-refractivity contribution in [2.75, 3.05) is 13.1 Å². The summed E-state index contributed by atoms with van der Waals surface area (Å²) < 4.78 is 0. The quantitative estimate of drug-likeness (QED) is 0.802. The van der Waals surface area contributed by atoms with Gasteiger partial charge in [0.05, 0.1) is 0 Å². The molecule has 1 aliphatic rings. The topological polar surface area (TPSA) is 46.3 Å². The molecular formula is C14H28N2O. The van der Waals surface area contributed by atoms with Crippen LogP contribution < -0.4 is 5.73 Å². The van der Waals surface area contributed by atoms with Gasteiger partial charge in [-0.2, -0.15) is 0 Å². The molecule has 3 unspecified atom stereocenters. The van der Waals surface area contributed by atoms with E-state index >= 15 is 0 Å². The second-order valence-electron chi connectivity index (χ2n) is 5.79. The van der Waals surface area contributed by atoms with Gasteiger partial charge >= 0.3 is 0 Å². The fourth-order valence-electron chi connectivity index (χ4n) is 2.72. The van der Waals surface area contributed by atoms with Crippen LogP contribution in [-0.4, -0.2) is 29.9 Å². The summed E-state index contributed by atoms with van der Waals surface area (Å²) in [7, 11) is 0. The highest BCUT2D eigenvalue weighted by molar-refractivity contribution is 5.76. The molecule has 0 aromatic rings. The summed E-state index contributed by atoms with van der Waals surface area (Å²) >= 11 is 0. The molecule has 0 radical (unpaired) electrons. The van der Waals surface area contributed by atoms with Crippen LogP contribution in [-0.2, 0) is 4.79 Å². The van der Waals surface area contributed by atoms with Crippen molar-refractivity contribution < 1.29 is 4.79 Å². The molecule has 1 saturated heterocycles. The lowest BCUT2D eigenvalue weighted by molar-refractivity contribution is -0.135. The van der Waals surface area contributed by atoms with E-state index in [1.54, 1.807) is 0 Å². The van der Waals surface area contributed by atoms with E-state index in [1.165, 1.54) is 0 Å². The van der Waals surface area contributed by atoms with Crippen LogP contribution in [0.15, 0.2) is 0 Å². The largest absolute Gasteiger partial charge is 0.340 e. The smallest absolute Gasteiger partial charge is 0.222 e. The number of hydrogen-bond donors (Lipinski definition) is 1. The van der Waals surface area contributed by atoms with Crippen molar-refractivity contribution in [3.63, 3.8) is 0 Å². The molecule has 0 bridgehead atoms. The van der Waals surface area contributed by atoms with Gasteiger partial charge in [0.15, 0.2) is 0 Å². The summed E-state index contributed by atoms with van der Waals surface area (Å²) in [6.07, 6.45) is 5.02. The summed E-state index contributed by atoms with van der Waals surface area (Å²) in [5, 5.41) is 0. The van der Waals surface area contributed by atoms with Gasteiger partial charge in [0.25, 0.3) is 0 Å². The first-order valence-corrected chi connectivity index (χ1v) is 7.04. The van der Waals surface area contributed by atoms with E-state index in [9.17, 15) is 4.79 Å². The predicted molar refractivity (Wildman–Crippen MR) is 71.6 cm³/mol. The van der Waals surface area contributed by atoms with E-state index in [0.29, 0.717) is 24.3 Å². The number of rotatable bonds is 5. The normalized spacial score (nSPS) is 26.9. The third-order valence-corrected chi connectivity index (χ3v) is 3.97. The van der Waals surface area contributed by atoms with Crippen LogP contribution >= 0.6 is 0 Å². The molecule has 3 atom stereocenters. The van der Waals surface area contributed by atoms with Crippen LogP contribution in [0.25, 0.3) is 0 Å². The Hall–Kier alpha value is -0.570. The Kier molecular flexibility index (Phi) is 5.96. The van der Waals surface area contributed by atoms with Gasteiger partial charge in [-0.15, -0.1) is 0 Å². The van der Waals surface area contributed by atoms with Gasteiger partial charge in [-0.05, 0) is 51.0 Å². The second kappa shape index (κ2) is 7.00. The van der Waals surface area contributed by atoms with Crippen molar-refractivity contribution >= 4 is 5.91 Å². The predicted octanol–water partition coefficient (Wildman–Crippen LogP) is 2.40. The lowest BCUT2D eigenvalue weighted by Gasteiger charge is -2.36. The third kappa shape index (κ3) is 4.66. The van der Waals surface area contributed by atoms with Crippen molar-refractivity contribution in [2.45, 2.75) is 58.9 Å². The molecule has 0 aromatic heterocycles. The number of likely N-dealkylation sites (tertiary alicyclic amines) is 1. The maximum absolute atomic E-state index is 12.1. The monoisotopic (exact) mass is 240 g/mol. The zero-order chi connectivity index (χ0) is 12.8. The number of amides is 1. The van der Waals surface area contributed by atoms with Crippen LogP contribution in [0.3, 0.4) is 0 Å². The van der Waals surface area contributed by atoms with Gasteiger partial charge in [-0.1, -0.05) is 13.8 Å². The van der Waals surface area contributed by atoms with Crippen LogP contribution in [0.1, 0.15) is 52.9 Å². The standard InChI is InChI=1S/C14H28N2O/c1-11(6-8-15)4-5-14(17)16-9-7-12(2)10-13(16)3/h11-13H,4-10,15H2,1-3H3. The van der Waals surface area contributed by atoms with Crippen molar-refractivity contribution in [1.29, 1.82) is 0 Å². The van der Waals surface area contributed by atoms with Crippen molar-refractivity contribution in [2.24, 2.45) is 17.6 Å². The summed E-state index contributed by atoms with van der Waals surface area (Å²) in [6.45, 7) is 8.32. The van der Waals surface area contributed by atoms with Gasteiger partial charge < -0.3 is 10.6 Å². The number of hydrogen-bond acceptors (Lipinski definition) is 2. The number of nitrogens with zero attached hydrogens (tertiary/aromatic N) is 1. The lowest BCUT2D eigenvalue weighted by Crippen LogP contribution is -2.44. The second-order valence-corrected chi connectivity index (χ2v) is 5.79. The Balaban J connectivity index is 2.32. The van der Waals surface area contributed by atoms with E-state index in [-0.39, 0.29) is 0 Å². The summed E-state index contributed by atoms with van der Waals surface area (Å²) in [6, 6.07) is 0.427. The number of nitrogens with two attached hydrogens (primary N) is 1. The first-order valence-electron chi connectivity index (χ1n) is 7.04. The first-order chi connectivity index (χ1) is 8.04. The molecule has 100 valence electrons. The zero-order valence-electron chi connectivity index (χ0n) is 11.6. The van der Waals surface area contributed by atoms with Crippen molar-refractivity contribution in [1.82, 2.24) is 4.90 Å². The molecule has 1 amide bonds. The Morgan fingerprint density at radius 2 is 2.12 bits per heavy atom. The number of carbonyl (C=O) groups is 1. The Labute approximate surface area is 106 Å². The Morgan fingerprint density at radius 1 is 1.41 bits per heavy atom. The number of carbonyl (C=O) groups excluding carboxylic acids is 1. The molecule has 1 fully saturated rings. The maximum atomic E-state index is 12.1. The molecule has 0 aliphatic carbocycles. The molecule has 0 spiro atoms. The van der Waals surface area contributed by atoms with Crippen LogP contribution in [0.2, 0.25) is 0 Å². The van der Waals surface area contributed by atoms with E-state index < -0.39 is 0 Å². The average Bonchev–Trinajstić information content (AvgIpc) is 2.26. The lowest BCUT2D eigenvalue weighted by atomic mass is 9.92. The molecule has 1 rings (SSSR count). The van der Waals surface area contributed by atoms with E-state index in [0.717, 1.165) is 44.7 Å². The number of piperidine rings is 1. The molecule has 1 heterocycles. The van der Waals surface area contributed by atoms with Gasteiger partial charge in [-0.3, -0.25) is 4.79 Å². The molecule has 1 aliphatic heterocycles. The highest BCUT2D eigenvalue weighted by Crippen LogP contribution is 2.23. The molecule has 3 nitrogen and oxygen atoms in total. The minimum absolute atomic E-state index is 0.341. The van der Waals surface area contributed by atoms with Gasteiger partial charge in [0.1, 0.15) is 0 Å². The van der Waals surface area contributed by atoms with Crippen LogP contribution in [0.4, 0.5) is 0 Å². The molecule has 0 saturated carbocycles. The molecule has 17 heavy (non-hydrogen) atoms. The van der Waals surface area contributed by atoms with Crippen molar-refractivity contribution in [3.05, 3.63) is 0 Å². The van der Waals surface area contributed by atoms with Crippen LogP contribution in [0.5, 0.6) is 0 Å². The summed E-state index contributed by atoms with van der Waals surface area (Å²) in [4.78, 5) is 14.2. The summed E-state index contributed by atoms with van der Waals surface area (Å²) in [5.41, 5.74) is 5.52. The van der Waals surface area contributed by atoms with Gasteiger partial charge in [0, 0.05) is 19.0 Å². The van der Waals surface area contributed by atoms with E-state index in [4.69, 9.17) is 5.73 Å². The minimum Gasteiger partial charge on any atom is -0.340 e. The highest BCUT2D eigenvalue weighted by Gasteiger charge is 2.26. The van der Waals surface area contributed by atoms with Gasteiger partial charge in [0.2, 0.25) is 5.91 Å². The minimum atomic E-state index is 0.341. The van der Waals surface area contributed by atoms with Gasteiger partial charge in [-0.25, -0.2) is 0 Å². The SMILES string of the molecule is CC(CCN)CCC(=O)N1CCC(C)CC1C. The zero-order valence-corrected chi connectivity index (χ0v) is 11.6.